The number of fused-ring (bicyclic) bond motifs is 1. The van der Waals surface area contributed by atoms with E-state index in [4.69, 9.17) is 13.0 Å². The van der Waals surface area contributed by atoms with Crippen molar-refractivity contribution >= 4 is 11.0 Å². The van der Waals surface area contributed by atoms with Gasteiger partial charge in [-0.15, -0.1) is 0 Å². The van der Waals surface area contributed by atoms with Crippen LogP contribution in [0.4, 0.5) is 0 Å². The minimum atomic E-state index is -3.12. The van der Waals surface area contributed by atoms with Gasteiger partial charge in [0.2, 0.25) is 0 Å². The third kappa shape index (κ3) is 2.67. The normalized spacial score (nSPS) is 9.27. The number of thiol groups is 1. The van der Waals surface area contributed by atoms with E-state index >= 15 is 0 Å². The fraction of sp³-hybridized carbons (Fsp3) is 0. The standard InChI is InChI=1S/C6H4.H2O3S.H2O/c1-2-6-4-3-5(1)6;1-4(2)3;/h1-4H;4H,(H,1,2,3);1H2. The summed E-state index contributed by atoms with van der Waals surface area (Å²) in [6.07, 6.45) is 0. The van der Waals surface area contributed by atoms with Crippen LogP contribution in [-0.4, -0.2) is 18.4 Å². The first-order valence-electron chi connectivity index (χ1n) is 2.64. The van der Waals surface area contributed by atoms with Gasteiger partial charge < -0.3 is 5.48 Å². The second-order valence-corrected chi connectivity index (χ2v) is 2.29. The van der Waals surface area contributed by atoms with Crippen molar-refractivity contribution in [1.82, 2.24) is 0 Å². The van der Waals surface area contributed by atoms with Crippen LogP contribution >= 0.6 is 0 Å². The average Bonchev–Trinajstić information content (AvgIpc) is 1.77. The Morgan fingerprint density at radius 3 is 1.18 bits per heavy atom. The SMILES string of the molecule is O.O=[SH](=O)O.c1cc2ccc1-2. The second-order valence-electron chi connectivity index (χ2n) is 1.82. The molecule has 2 rings (SSSR count). The molecule has 0 atom stereocenters. The van der Waals surface area contributed by atoms with Gasteiger partial charge in [0.05, 0.1) is 0 Å². The van der Waals surface area contributed by atoms with Gasteiger partial charge in [-0.2, -0.15) is 0 Å². The lowest BCUT2D eigenvalue weighted by Crippen LogP contribution is -1.85. The van der Waals surface area contributed by atoms with Crippen LogP contribution in [0.25, 0.3) is 11.1 Å². The van der Waals surface area contributed by atoms with Crippen molar-refractivity contribution in [2.75, 3.05) is 0 Å². The lowest BCUT2D eigenvalue weighted by atomic mass is 9.95. The number of rotatable bonds is 0. The van der Waals surface area contributed by atoms with Gasteiger partial charge in [0.15, 0.2) is 0 Å². The molecule has 11 heavy (non-hydrogen) atoms. The molecule has 3 N–H and O–H groups in total. The number of hydrogen-bond donors (Lipinski definition) is 2. The Balaban J connectivity index is 0.000000183. The first kappa shape index (κ1) is 10.1. The fourth-order valence-corrected chi connectivity index (χ4v) is 0.663. The van der Waals surface area contributed by atoms with E-state index in [-0.39, 0.29) is 5.48 Å². The Morgan fingerprint density at radius 1 is 1.00 bits per heavy atom. The predicted octanol–water partition coefficient (Wildman–Crippen LogP) is -0.0869. The molecule has 0 saturated heterocycles. The Morgan fingerprint density at radius 2 is 1.18 bits per heavy atom. The average molecular weight is 176 g/mol. The van der Waals surface area contributed by atoms with E-state index < -0.39 is 11.0 Å². The summed E-state index contributed by atoms with van der Waals surface area (Å²) in [4.78, 5) is 0. The quantitative estimate of drug-likeness (QED) is 0.434. The molecule has 0 fully saturated rings. The summed E-state index contributed by atoms with van der Waals surface area (Å²) in [5.74, 6) is 0. The Kier molecular flexibility index (Phi) is 3.73. The first-order chi connectivity index (χ1) is 4.70. The van der Waals surface area contributed by atoms with Crippen LogP contribution in [0.15, 0.2) is 24.3 Å². The summed E-state index contributed by atoms with van der Waals surface area (Å²) >= 11 is 0. The summed E-state index contributed by atoms with van der Waals surface area (Å²) in [7, 11) is -3.12. The highest BCUT2D eigenvalue weighted by molar-refractivity contribution is 7.66. The van der Waals surface area contributed by atoms with Gasteiger partial charge in [-0.1, -0.05) is 24.3 Å². The van der Waals surface area contributed by atoms with E-state index in [9.17, 15) is 0 Å². The molecule has 0 heterocycles. The van der Waals surface area contributed by atoms with Crippen molar-refractivity contribution in [3.8, 4) is 11.1 Å². The Hall–Kier alpha value is -0.910. The molecule has 0 aliphatic heterocycles. The number of benzene rings is 1. The summed E-state index contributed by atoms with van der Waals surface area (Å²) in [5.41, 5.74) is 2.85. The van der Waals surface area contributed by atoms with Gasteiger partial charge in [0.25, 0.3) is 11.0 Å². The Labute approximate surface area is 65.6 Å². The fourth-order valence-electron chi connectivity index (χ4n) is 0.663. The van der Waals surface area contributed by atoms with Crippen LogP contribution in [0.3, 0.4) is 0 Å². The van der Waals surface area contributed by atoms with Crippen molar-refractivity contribution < 1.29 is 18.4 Å². The van der Waals surface area contributed by atoms with E-state index in [1.54, 1.807) is 0 Å². The van der Waals surface area contributed by atoms with Gasteiger partial charge in [0, 0.05) is 0 Å². The molecule has 0 aromatic rings. The van der Waals surface area contributed by atoms with Crippen molar-refractivity contribution in [2.24, 2.45) is 0 Å². The van der Waals surface area contributed by atoms with Crippen LogP contribution < -0.4 is 0 Å². The zero-order chi connectivity index (χ0) is 7.56. The summed E-state index contributed by atoms with van der Waals surface area (Å²) in [6, 6.07) is 8.48. The molecule has 2 aliphatic rings. The molecule has 0 spiro atoms. The molecular formula is C6H8O4S. The van der Waals surface area contributed by atoms with Gasteiger partial charge >= 0.3 is 0 Å². The van der Waals surface area contributed by atoms with E-state index in [0.29, 0.717) is 0 Å². The zero-order valence-corrected chi connectivity index (χ0v) is 6.41. The third-order valence-corrected chi connectivity index (χ3v) is 1.22. The van der Waals surface area contributed by atoms with E-state index in [1.807, 2.05) is 0 Å². The van der Waals surface area contributed by atoms with E-state index in [2.05, 4.69) is 24.3 Å². The zero-order valence-electron chi connectivity index (χ0n) is 5.52. The minimum Gasteiger partial charge on any atom is -0.412 e. The second kappa shape index (κ2) is 4.07. The molecule has 5 heteroatoms. The first-order valence-corrected chi connectivity index (χ1v) is 3.77. The van der Waals surface area contributed by atoms with Crippen molar-refractivity contribution in [1.29, 1.82) is 0 Å². The van der Waals surface area contributed by atoms with Gasteiger partial charge in [-0.25, -0.2) is 8.42 Å². The van der Waals surface area contributed by atoms with Crippen LogP contribution in [-0.2, 0) is 11.0 Å². The van der Waals surface area contributed by atoms with Gasteiger partial charge in [-0.05, 0) is 11.1 Å². The van der Waals surface area contributed by atoms with Crippen molar-refractivity contribution in [3.05, 3.63) is 24.3 Å². The van der Waals surface area contributed by atoms with Crippen molar-refractivity contribution in [3.63, 3.8) is 0 Å². The summed E-state index contributed by atoms with van der Waals surface area (Å²) in [6.45, 7) is 0. The lowest BCUT2D eigenvalue weighted by molar-refractivity contribution is 0.509. The van der Waals surface area contributed by atoms with Crippen molar-refractivity contribution in [2.45, 2.75) is 0 Å². The lowest BCUT2D eigenvalue weighted by Gasteiger charge is -2.10. The minimum absolute atomic E-state index is 0. The maximum atomic E-state index is 8.59. The Bertz CT molecular complexity index is 259. The highest BCUT2D eigenvalue weighted by Crippen LogP contribution is 2.29. The van der Waals surface area contributed by atoms with Crippen LogP contribution in [0.5, 0.6) is 0 Å². The van der Waals surface area contributed by atoms with E-state index in [1.165, 1.54) is 11.1 Å². The molecule has 0 unspecified atom stereocenters. The maximum Gasteiger partial charge on any atom is 0.254 e. The largest absolute Gasteiger partial charge is 0.412 e. The topological polar surface area (TPSA) is 85.9 Å². The van der Waals surface area contributed by atoms with E-state index in [0.717, 1.165) is 0 Å². The summed E-state index contributed by atoms with van der Waals surface area (Å²) < 4.78 is 24.2. The maximum absolute atomic E-state index is 8.59. The molecule has 0 bridgehead atoms. The monoisotopic (exact) mass is 176 g/mol. The number of hydrogen-bond acceptors (Lipinski definition) is 2. The van der Waals surface area contributed by atoms with Crippen LogP contribution in [0.2, 0.25) is 0 Å². The molecule has 0 aromatic heterocycles. The highest BCUT2D eigenvalue weighted by atomic mass is 32.2. The molecule has 4 nitrogen and oxygen atoms in total. The molecule has 2 aliphatic carbocycles. The third-order valence-electron chi connectivity index (χ3n) is 1.22. The molecule has 0 aromatic carbocycles. The molecular weight excluding hydrogens is 168 g/mol. The van der Waals surface area contributed by atoms with Gasteiger partial charge in [-0.3, -0.25) is 4.55 Å². The molecule has 0 radical (unpaired) electrons. The van der Waals surface area contributed by atoms with Crippen LogP contribution in [0.1, 0.15) is 0 Å². The summed E-state index contributed by atoms with van der Waals surface area (Å²) in [5, 5.41) is 0. The molecule has 62 valence electrons. The van der Waals surface area contributed by atoms with Crippen LogP contribution in [0, 0.1) is 0 Å². The molecule has 0 saturated carbocycles. The predicted molar refractivity (Wildman–Crippen MR) is 42.0 cm³/mol. The molecule has 0 amide bonds. The smallest absolute Gasteiger partial charge is 0.254 e. The highest BCUT2D eigenvalue weighted by Gasteiger charge is 2.03. The van der Waals surface area contributed by atoms with Gasteiger partial charge in [0.1, 0.15) is 0 Å².